The molecule has 0 saturated carbocycles. The number of benzene rings is 1. The molecular weight excluding hydrogens is 328 g/mol. The van der Waals surface area contributed by atoms with Crippen molar-refractivity contribution in [2.75, 3.05) is 37.8 Å². The number of likely N-dealkylation sites (tertiary alicyclic amines) is 1. The summed E-state index contributed by atoms with van der Waals surface area (Å²) in [5, 5.41) is 0. The van der Waals surface area contributed by atoms with Crippen molar-refractivity contribution in [3.05, 3.63) is 58.0 Å². The molecule has 2 N–H and O–H groups in total. The molecule has 3 heterocycles. The number of rotatable bonds is 2. The second-order valence-electron chi connectivity index (χ2n) is 7.58. The van der Waals surface area contributed by atoms with Crippen LogP contribution in [0.3, 0.4) is 0 Å². The lowest BCUT2D eigenvalue weighted by Gasteiger charge is -2.42. The van der Waals surface area contributed by atoms with Gasteiger partial charge in [-0.2, -0.15) is 0 Å². The monoisotopic (exact) mass is 352 g/mol. The van der Waals surface area contributed by atoms with Crippen molar-refractivity contribution in [3.63, 3.8) is 0 Å². The van der Waals surface area contributed by atoms with E-state index in [-0.39, 0.29) is 17.4 Å². The number of carbonyl (C=O) groups is 1. The van der Waals surface area contributed by atoms with Gasteiger partial charge in [0.2, 0.25) is 0 Å². The van der Waals surface area contributed by atoms with E-state index in [1.165, 1.54) is 0 Å². The third-order valence-electron chi connectivity index (χ3n) is 5.55. The number of nitrogen functional groups attached to an aromatic ring is 1. The van der Waals surface area contributed by atoms with E-state index in [2.05, 4.69) is 0 Å². The Morgan fingerprint density at radius 1 is 1.08 bits per heavy atom. The highest BCUT2D eigenvalue weighted by Gasteiger charge is 2.36. The topological polar surface area (TPSA) is 71.6 Å². The van der Waals surface area contributed by atoms with Crippen LogP contribution in [0.5, 0.6) is 0 Å². The highest BCUT2D eigenvalue weighted by molar-refractivity contribution is 5.94. The molecule has 2 unspecified atom stereocenters. The fraction of sp³-hybridized carbons (Fsp3) is 0.400. The number of aromatic nitrogens is 1. The van der Waals surface area contributed by atoms with E-state index >= 15 is 0 Å². The lowest BCUT2D eigenvalue weighted by Crippen LogP contribution is -2.49. The summed E-state index contributed by atoms with van der Waals surface area (Å²) in [5.41, 5.74) is 8.76. The Hall–Kier alpha value is -2.76. The zero-order chi connectivity index (χ0) is 18.4. The summed E-state index contributed by atoms with van der Waals surface area (Å²) in [5.74, 6) is 0.558. The van der Waals surface area contributed by atoms with Gasteiger partial charge in [-0.3, -0.25) is 9.59 Å². The van der Waals surface area contributed by atoms with Crippen molar-refractivity contribution in [1.29, 1.82) is 0 Å². The molecule has 0 radical (unpaired) electrons. The molecule has 136 valence electrons. The van der Waals surface area contributed by atoms with Gasteiger partial charge in [0.25, 0.3) is 11.5 Å². The molecule has 1 amide bonds. The molecule has 6 nitrogen and oxygen atoms in total. The third-order valence-corrected chi connectivity index (χ3v) is 5.55. The molecule has 0 spiro atoms. The number of anilines is 2. The van der Waals surface area contributed by atoms with Crippen molar-refractivity contribution in [2.45, 2.75) is 18.9 Å². The molecule has 1 aromatic carbocycles. The Balaban J connectivity index is 1.58. The van der Waals surface area contributed by atoms with Crippen molar-refractivity contribution in [3.8, 4) is 0 Å². The van der Waals surface area contributed by atoms with Gasteiger partial charge in [0.1, 0.15) is 0 Å². The van der Waals surface area contributed by atoms with Gasteiger partial charge < -0.3 is 20.1 Å². The number of nitrogens with zero attached hydrogens (tertiary/aromatic N) is 3. The van der Waals surface area contributed by atoms with E-state index in [1.807, 2.05) is 58.8 Å². The summed E-state index contributed by atoms with van der Waals surface area (Å²) in [6.45, 7) is 1.97. The summed E-state index contributed by atoms with van der Waals surface area (Å²) < 4.78 is 1.81. The van der Waals surface area contributed by atoms with E-state index < -0.39 is 0 Å². The SMILES string of the molecule is CN(C)c1ccc(C(=O)N2CC3CC(C2)c2ccc(N)c(=O)n2C3)cc1. The molecule has 2 aromatic rings. The quantitative estimate of drug-likeness (QED) is 0.894. The van der Waals surface area contributed by atoms with Crippen LogP contribution >= 0.6 is 0 Å². The molecular formula is C20H24N4O2. The van der Waals surface area contributed by atoms with Gasteiger partial charge in [-0.25, -0.2) is 0 Å². The fourth-order valence-electron chi connectivity index (χ4n) is 4.21. The van der Waals surface area contributed by atoms with Crippen molar-refractivity contribution in [1.82, 2.24) is 9.47 Å². The van der Waals surface area contributed by atoms with E-state index in [4.69, 9.17) is 5.73 Å². The van der Waals surface area contributed by atoms with Crippen LogP contribution in [0.25, 0.3) is 0 Å². The van der Waals surface area contributed by atoms with Crippen LogP contribution in [-0.2, 0) is 6.54 Å². The molecule has 1 saturated heterocycles. The minimum atomic E-state index is -0.101. The Labute approximate surface area is 152 Å². The summed E-state index contributed by atoms with van der Waals surface area (Å²) in [4.78, 5) is 29.2. The van der Waals surface area contributed by atoms with Crippen molar-refractivity contribution in [2.24, 2.45) is 5.92 Å². The average Bonchev–Trinajstić information content (AvgIpc) is 2.64. The molecule has 6 heteroatoms. The van der Waals surface area contributed by atoms with Crippen LogP contribution < -0.4 is 16.2 Å². The maximum atomic E-state index is 13.0. The first kappa shape index (κ1) is 16.7. The first-order valence-electron chi connectivity index (χ1n) is 9.00. The first-order chi connectivity index (χ1) is 12.4. The van der Waals surface area contributed by atoms with Crippen LogP contribution in [0.2, 0.25) is 0 Å². The molecule has 1 aromatic heterocycles. The normalized spacial score (nSPS) is 21.2. The summed E-state index contributed by atoms with van der Waals surface area (Å²) in [6, 6.07) is 11.3. The van der Waals surface area contributed by atoms with Gasteiger partial charge in [0, 0.05) is 56.6 Å². The highest BCUT2D eigenvalue weighted by Crippen LogP contribution is 2.35. The summed E-state index contributed by atoms with van der Waals surface area (Å²) in [7, 11) is 3.96. The van der Waals surface area contributed by atoms with E-state index in [0.29, 0.717) is 36.8 Å². The Bertz CT molecular complexity index is 901. The van der Waals surface area contributed by atoms with Crippen LogP contribution in [-0.4, -0.2) is 42.6 Å². The number of fused-ring (bicyclic) bond motifs is 4. The first-order valence-corrected chi connectivity index (χ1v) is 9.00. The van der Waals surface area contributed by atoms with Crippen LogP contribution in [0.4, 0.5) is 11.4 Å². The number of hydrogen-bond acceptors (Lipinski definition) is 4. The van der Waals surface area contributed by atoms with Gasteiger partial charge >= 0.3 is 0 Å². The fourth-order valence-corrected chi connectivity index (χ4v) is 4.21. The van der Waals surface area contributed by atoms with Crippen molar-refractivity contribution < 1.29 is 4.79 Å². The molecule has 26 heavy (non-hydrogen) atoms. The molecule has 2 bridgehead atoms. The predicted octanol–water partition coefficient (Wildman–Crippen LogP) is 1.76. The number of hydrogen-bond donors (Lipinski definition) is 1. The van der Waals surface area contributed by atoms with Crippen molar-refractivity contribution >= 4 is 17.3 Å². The maximum absolute atomic E-state index is 13.0. The van der Waals surface area contributed by atoms with E-state index in [9.17, 15) is 9.59 Å². The van der Waals surface area contributed by atoms with Gasteiger partial charge in [-0.15, -0.1) is 0 Å². The van der Waals surface area contributed by atoms with Crippen LogP contribution in [0.1, 0.15) is 28.4 Å². The lowest BCUT2D eigenvalue weighted by atomic mass is 9.83. The lowest BCUT2D eigenvalue weighted by molar-refractivity contribution is 0.0595. The molecule has 4 rings (SSSR count). The third kappa shape index (κ3) is 2.75. The number of piperidine rings is 1. The zero-order valence-corrected chi connectivity index (χ0v) is 15.2. The number of nitrogens with two attached hydrogens (primary N) is 1. The standard InChI is InChI=1S/C20H24N4O2/c1-22(2)16-5-3-14(4-6-16)19(25)23-10-13-9-15(12-23)18-8-7-17(21)20(26)24(18)11-13/h3-8,13,15H,9-12,21H2,1-2H3. The Morgan fingerprint density at radius 3 is 2.50 bits per heavy atom. The zero-order valence-electron chi connectivity index (χ0n) is 15.2. The molecule has 1 fully saturated rings. The number of pyridine rings is 1. The van der Waals surface area contributed by atoms with E-state index in [0.717, 1.165) is 17.8 Å². The second kappa shape index (κ2) is 6.20. The smallest absolute Gasteiger partial charge is 0.273 e. The van der Waals surface area contributed by atoms with Gasteiger partial charge in [-0.1, -0.05) is 0 Å². The summed E-state index contributed by atoms with van der Waals surface area (Å²) in [6.07, 6.45) is 1.02. The molecule has 2 aliphatic rings. The van der Waals surface area contributed by atoms with Gasteiger partial charge in [-0.05, 0) is 48.7 Å². The average molecular weight is 352 g/mol. The number of amides is 1. The van der Waals surface area contributed by atoms with Gasteiger partial charge in [0.15, 0.2) is 0 Å². The number of carbonyl (C=O) groups excluding carboxylic acids is 1. The minimum Gasteiger partial charge on any atom is -0.394 e. The molecule has 0 aliphatic carbocycles. The van der Waals surface area contributed by atoms with E-state index in [1.54, 1.807) is 6.07 Å². The summed E-state index contributed by atoms with van der Waals surface area (Å²) >= 11 is 0. The Kier molecular flexibility index (Phi) is 3.98. The maximum Gasteiger partial charge on any atom is 0.273 e. The highest BCUT2D eigenvalue weighted by atomic mass is 16.2. The largest absolute Gasteiger partial charge is 0.394 e. The molecule has 2 atom stereocenters. The van der Waals surface area contributed by atoms with Gasteiger partial charge in [0.05, 0.1) is 5.69 Å². The predicted molar refractivity (Wildman–Crippen MR) is 103 cm³/mol. The van der Waals surface area contributed by atoms with Crippen LogP contribution in [0.15, 0.2) is 41.2 Å². The minimum absolute atomic E-state index is 0.0660. The van der Waals surface area contributed by atoms with Crippen LogP contribution in [0, 0.1) is 5.92 Å². The Morgan fingerprint density at radius 2 is 1.81 bits per heavy atom. The second-order valence-corrected chi connectivity index (χ2v) is 7.58. The molecule has 2 aliphatic heterocycles.